The molecule has 2 unspecified atom stereocenters. The number of benzene rings is 1. The fourth-order valence-electron chi connectivity index (χ4n) is 1.90. The van der Waals surface area contributed by atoms with Gasteiger partial charge < -0.3 is 9.47 Å². The second-order valence-corrected chi connectivity index (χ2v) is 4.64. The molecule has 0 saturated carbocycles. The van der Waals surface area contributed by atoms with Crippen molar-refractivity contribution in [2.24, 2.45) is 5.92 Å². The van der Waals surface area contributed by atoms with Crippen LogP contribution in [0.3, 0.4) is 0 Å². The van der Waals surface area contributed by atoms with Gasteiger partial charge in [-0.3, -0.25) is 4.79 Å². The molecule has 1 aromatic carbocycles. The molecule has 1 rings (SSSR count). The molecule has 0 fully saturated rings. The van der Waals surface area contributed by atoms with E-state index in [0.29, 0.717) is 18.6 Å². The Morgan fingerprint density at radius 2 is 1.80 bits per heavy atom. The highest BCUT2D eigenvalue weighted by Gasteiger charge is 2.28. The van der Waals surface area contributed by atoms with Crippen LogP contribution in [0.2, 0.25) is 0 Å². The van der Waals surface area contributed by atoms with Crippen molar-refractivity contribution in [3.8, 4) is 0 Å². The summed E-state index contributed by atoms with van der Waals surface area (Å²) >= 11 is 0. The summed E-state index contributed by atoms with van der Waals surface area (Å²) in [5.74, 6) is -1.19. The van der Waals surface area contributed by atoms with Gasteiger partial charge in [0.25, 0.3) is 0 Å². The molecule has 0 spiro atoms. The maximum Gasteiger partial charge on any atom is 0.338 e. The van der Waals surface area contributed by atoms with E-state index in [9.17, 15) is 9.59 Å². The van der Waals surface area contributed by atoms with Crippen LogP contribution >= 0.6 is 0 Å². The second kappa shape index (κ2) is 8.35. The lowest BCUT2D eigenvalue weighted by Crippen LogP contribution is -2.32. The number of carbonyl (C=O) groups is 2. The van der Waals surface area contributed by atoms with Crippen LogP contribution in [0.1, 0.15) is 44.0 Å². The molecule has 0 aromatic heterocycles. The maximum absolute atomic E-state index is 12.0. The quantitative estimate of drug-likeness (QED) is 0.719. The average Bonchev–Trinajstić information content (AvgIpc) is 2.47. The molecule has 0 amide bonds. The zero-order valence-corrected chi connectivity index (χ0v) is 12.3. The Kier molecular flexibility index (Phi) is 6.77. The predicted molar refractivity (Wildman–Crippen MR) is 76.4 cm³/mol. The molecular formula is C16H22O4. The van der Waals surface area contributed by atoms with Crippen LogP contribution in [0.25, 0.3) is 0 Å². The van der Waals surface area contributed by atoms with Gasteiger partial charge in [-0.2, -0.15) is 0 Å². The van der Waals surface area contributed by atoms with Crippen molar-refractivity contribution in [3.63, 3.8) is 0 Å². The smallest absolute Gasteiger partial charge is 0.338 e. The van der Waals surface area contributed by atoms with Crippen molar-refractivity contribution in [3.05, 3.63) is 35.9 Å². The van der Waals surface area contributed by atoms with Gasteiger partial charge in [-0.15, -0.1) is 0 Å². The molecule has 0 radical (unpaired) electrons. The van der Waals surface area contributed by atoms with E-state index in [1.807, 2.05) is 13.0 Å². The van der Waals surface area contributed by atoms with Crippen molar-refractivity contribution in [1.29, 1.82) is 0 Å². The van der Waals surface area contributed by atoms with E-state index in [2.05, 4.69) is 0 Å². The van der Waals surface area contributed by atoms with Gasteiger partial charge in [0.2, 0.25) is 0 Å². The van der Waals surface area contributed by atoms with Crippen molar-refractivity contribution < 1.29 is 19.1 Å². The molecule has 0 bridgehead atoms. The number of esters is 2. The lowest BCUT2D eigenvalue weighted by Gasteiger charge is -2.22. The van der Waals surface area contributed by atoms with Gasteiger partial charge in [0.05, 0.1) is 18.1 Å². The van der Waals surface area contributed by atoms with E-state index >= 15 is 0 Å². The first-order valence-corrected chi connectivity index (χ1v) is 7.02. The maximum atomic E-state index is 12.0. The summed E-state index contributed by atoms with van der Waals surface area (Å²) in [6.07, 6.45) is 1.02. The summed E-state index contributed by atoms with van der Waals surface area (Å²) in [6, 6.07) is 8.78. The molecule has 0 aliphatic carbocycles. The van der Waals surface area contributed by atoms with Crippen molar-refractivity contribution in [2.45, 2.75) is 39.7 Å². The predicted octanol–water partition coefficient (Wildman–Crippen LogP) is 3.21. The number of ether oxygens (including phenoxy) is 2. The Balaban J connectivity index is 2.71. The third-order valence-electron chi connectivity index (χ3n) is 3.06. The first-order chi connectivity index (χ1) is 9.60. The number of carbonyl (C=O) groups excluding carboxylic acids is 2. The Morgan fingerprint density at radius 1 is 1.15 bits per heavy atom. The minimum absolute atomic E-state index is 0.327. The van der Waals surface area contributed by atoms with E-state index in [0.717, 1.165) is 6.42 Å². The molecule has 0 N–H and O–H groups in total. The average molecular weight is 278 g/mol. The van der Waals surface area contributed by atoms with E-state index in [1.54, 1.807) is 38.1 Å². The zero-order chi connectivity index (χ0) is 15.0. The Labute approximate surface area is 120 Å². The normalized spacial score (nSPS) is 13.3. The summed E-state index contributed by atoms with van der Waals surface area (Å²) in [5, 5.41) is 0. The molecule has 4 nitrogen and oxygen atoms in total. The molecule has 2 atom stereocenters. The zero-order valence-electron chi connectivity index (χ0n) is 12.3. The SMILES string of the molecule is CCCC(OC(=O)c1ccccc1)C(C)C(=O)OCC. The largest absolute Gasteiger partial charge is 0.466 e. The first-order valence-electron chi connectivity index (χ1n) is 7.02. The monoisotopic (exact) mass is 278 g/mol. The van der Waals surface area contributed by atoms with Crippen LogP contribution in [0.4, 0.5) is 0 Å². The third kappa shape index (κ3) is 4.68. The highest BCUT2D eigenvalue weighted by atomic mass is 16.6. The minimum atomic E-state index is -0.456. The van der Waals surface area contributed by atoms with E-state index in [-0.39, 0.29) is 5.97 Å². The lowest BCUT2D eigenvalue weighted by molar-refractivity contribution is -0.151. The van der Waals surface area contributed by atoms with Crippen LogP contribution in [-0.2, 0) is 14.3 Å². The van der Waals surface area contributed by atoms with Gasteiger partial charge in [-0.25, -0.2) is 4.79 Å². The van der Waals surface area contributed by atoms with Crippen LogP contribution < -0.4 is 0 Å². The second-order valence-electron chi connectivity index (χ2n) is 4.64. The fourth-order valence-corrected chi connectivity index (χ4v) is 1.90. The summed E-state index contributed by atoms with van der Waals surface area (Å²) in [4.78, 5) is 23.8. The fraction of sp³-hybridized carbons (Fsp3) is 0.500. The first kappa shape index (κ1) is 16.2. The van der Waals surface area contributed by atoms with Crippen LogP contribution in [-0.4, -0.2) is 24.6 Å². The summed E-state index contributed by atoms with van der Waals surface area (Å²) < 4.78 is 10.5. The summed E-state index contributed by atoms with van der Waals surface area (Å²) in [5.41, 5.74) is 0.490. The van der Waals surface area contributed by atoms with Crippen LogP contribution in [0, 0.1) is 5.92 Å². The van der Waals surface area contributed by atoms with E-state index in [1.165, 1.54) is 0 Å². The lowest BCUT2D eigenvalue weighted by atomic mass is 10.0. The molecule has 1 aromatic rings. The molecule has 0 saturated heterocycles. The molecule has 20 heavy (non-hydrogen) atoms. The molecule has 0 aliphatic heterocycles. The highest BCUT2D eigenvalue weighted by molar-refractivity contribution is 5.89. The Morgan fingerprint density at radius 3 is 2.35 bits per heavy atom. The standard InChI is InChI=1S/C16H22O4/c1-4-9-14(12(3)15(17)19-5-2)20-16(18)13-10-7-6-8-11-13/h6-8,10-12,14H,4-5,9H2,1-3H3. The van der Waals surface area contributed by atoms with Crippen molar-refractivity contribution in [1.82, 2.24) is 0 Å². The van der Waals surface area contributed by atoms with Crippen LogP contribution in [0.5, 0.6) is 0 Å². The van der Waals surface area contributed by atoms with Crippen molar-refractivity contribution in [2.75, 3.05) is 6.61 Å². The van der Waals surface area contributed by atoms with Gasteiger partial charge in [-0.05, 0) is 32.4 Å². The van der Waals surface area contributed by atoms with Gasteiger partial charge in [0, 0.05) is 0 Å². The van der Waals surface area contributed by atoms with Gasteiger partial charge in [-0.1, -0.05) is 31.5 Å². The van der Waals surface area contributed by atoms with E-state index < -0.39 is 18.0 Å². The molecule has 0 heterocycles. The number of hydrogen-bond donors (Lipinski definition) is 0. The molecule has 4 heteroatoms. The molecule has 110 valence electrons. The third-order valence-corrected chi connectivity index (χ3v) is 3.06. The van der Waals surface area contributed by atoms with E-state index in [4.69, 9.17) is 9.47 Å². The minimum Gasteiger partial charge on any atom is -0.466 e. The summed E-state index contributed by atoms with van der Waals surface area (Å²) in [6.45, 7) is 5.81. The number of rotatable bonds is 7. The Hall–Kier alpha value is -1.84. The van der Waals surface area contributed by atoms with Crippen molar-refractivity contribution >= 4 is 11.9 Å². The number of hydrogen-bond acceptors (Lipinski definition) is 4. The molecular weight excluding hydrogens is 256 g/mol. The highest BCUT2D eigenvalue weighted by Crippen LogP contribution is 2.17. The molecule has 0 aliphatic rings. The van der Waals surface area contributed by atoms with Gasteiger partial charge in [0.1, 0.15) is 6.10 Å². The van der Waals surface area contributed by atoms with Crippen LogP contribution in [0.15, 0.2) is 30.3 Å². The van der Waals surface area contributed by atoms with Gasteiger partial charge in [0.15, 0.2) is 0 Å². The topological polar surface area (TPSA) is 52.6 Å². The Bertz CT molecular complexity index is 427. The van der Waals surface area contributed by atoms with Gasteiger partial charge >= 0.3 is 11.9 Å². The summed E-state index contributed by atoms with van der Waals surface area (Å²) in [7, 11) is 0.